The number of aromatic amines is 2. The molecule has 5 rings (SSSR count). The second kappa shape index (κ2) is 6.56. The van der Waals surface area contributed by atoms with Crippen LogP contribution in [0.2, 0.25) is 0 Å². The highest BCUT2D eigenvalue weighted by atomic mass is 32.1. The van der Waals surface area contributed by atoms with Gasteiger partial charge in [-0.2, -0.15) is 0 Å². The van der Waals surface area contributed by atoms with Gasteiger partial charge < -0.3 is 5.32 Å². The van der Waals surface area contributed by atoms with Gasteiger partial charge in [-0.15, -0.1) is 11.3 Å². The van der Waals surface area contributed by atoms with Crippen molar-refractivity contribution in [2.24, 2.45) is 0 Å². The van der Waals surface area contributed by atoms with Crippen LogP contribution in [0.15, 0.2) is 57.8 Å². The number of Topliss-reactive ketones (excluding diaryl/α,β-unsaturated/α-hetero) is 1. The van der Waals surface area contributed by atoms with Gasteiger partial charge in [0.25, 0.3) is 11.2 Å². The number of para-hydroxylation sites is 1. The van der Waals surface area contributed by atoms with Crippen molar-refractivity contribution in [3.05, 3.63) is 89.5 Å². The fourth-order valence-corrected chi connectivity index (χ4v) is 5.19. The van der Waals surface area contributed by atoms with Gasteiger partial charge in [-0.1, -0.05) is 24.3 Å². The number of aromatic nitrogens is 2. The number of benzene rings is 1. The summed E-state index contributed by atoms with van der Waals surface area (Å²) in [7, 11) is 0. The van der Waals surface area contributed by atoms with Gasteiger partial charge in [0.1, 0.15) is 5.82 Å². The Morgan fingerprint density at radius 1 is 1.07 bits per heavy atom. The van der Waals surface area contributed by atoms with Crippen LogP contribution in [-0.4, -0.2) is 20.9 Å². The van der Waals surface area contributed by atoms with Crippen LogP contribution in [0.5, 0.6) is 0 Å². The molecule has 146 valence electrons. The first-order valence-electron chi connectivity index (χ1n) is 9.15. The maximum Gasteiger partial charge on any atom is 0.273 e. The first-order chi connectivity index (χ1) is 14.0. The summed E-state index contributed by atoms with van der Waals surface area (Å²) in [6, 6.07) is 10.3. The Balaban J connectivity index is 1.70. The number of nitrogens with zero attached hydrogens (tertiary/aromatic N) is 1. The van der Waals surface area contributed by atoms with Gasteiger partial charge >= 0.3 is 0 Å². The number of H-pyrrole nitrogens is 2. The van der Waals surface area contributed by atoms with E-state index in [1.807, 2.05) is 17.5 Å². The molecule has 2 aromatic heterocycles. The molecular formula is C20H16N4O4S. The molecule has 0 fully saturated rings. The highest BCUT2D eigenvalue weighted by Gasteiger charge is 2.42. The van der Waals surface area contributed by atoms with E-state index >= 15 is 0 Å². The van der Waals surface area contributed by atoms with E-state index in [0.717, 1.165) is 4.88 Å². The quantitative estimate of drug-likeness (QED) is 0.451. The molecule has 3 heterocycles. The summed E-state index contributed by atoms with van der Waals surface area (Å²) in [6.45, 7) is 0. The number of nitro benzene ring substituents is 1. The lowest BCUT2D eigenvalue weighted by molar-refractivity contribution is -0.385. The predicted octanol–water partition coefficient (Wildman–Crippen LogP) is 3.63. The second-order valence-electron chi connectivity index (χ2n) is 7.18. The Bertz CT molecular complexity index is 1220. The third-order valence-corrected chi connectivity index (χ3v) is 6.60. The lowest BCUT2D eigenvalue weighted by atomic mass is 9.73. The lowest BCUT2D eigenvalue weighted by Crippen LogP contribution is -2.31. The molecule has 8 nitrogen and oxygen atoms in total. The van der Waals surface area contributed by atoms with Crippen LogP contribution >= 0.6 is 11.3 Å². The van der Waals surface area contributed by atoms with Crippen molar-refractivity contribution in [1.29, 1.82) is 0 Å². The maximum absolute atomic E-state index is 13.3. The average Bonchev–Trinajstić information content (AvgIpc) is 3.37. The van der Waals surface area contributed by atoms with Crippen molar-refractivity contribution in [3.8, 4) is 0 Å². The summed E-state index contributed by atoms with van der Waals surface area (Å²) in [4.78, 5) is 38.1. The monoisotopic (exact) mass is 408 g/mol. The third-order valence-electron chi connectivity index (χ3n) is 5.57. The summed E-state index contributed by atoms with van der Waals surface area (Å²) in [5.41, 5.74) is 1.32. The van der Waals surface area contributed by atoms with Crippen molar-refractivity contribution in [1.82, 2.24) is 10.2 Å². The molecule has 2 aliphatic rings. The minimum absolute atomic E-state index is 0.0485. The third kappa shape index (κ3) is 2.73. The summed E-state index contributed by atoms with van der Waals surface area (Å²) in [5.74, 6) is -0.370. The lowest BCUT2D eigenvalue weighted by Gasteiger charge is -2.34. The number of thiophene rings is 1. The zero-order chi connectivity index (χ0) is 20.1. The largest absolute Gasteiger partial charge is 0.343 e. The van der Waals surface area contributed by atoms with Gasteiger partial charge in [0, 0.05) is 40.1 Å². The number of allylic oxidation sites excluding steroid dienone is 2. The normalized spacial score (nSPS) is 20.8. The second-order valence-corrected chi connectivity index (χ2v) is 8.16. The summed E-state index contributed by atoms with van der Waals surface area (Å²) >= 11 is 1.61. The Labute approximate surface area is 168 Å². The van der Waals surface area contributed by atoms with Gasteiger partial charge in [-0.25, -0.2) is 0 Å². The molecule has 0 saturated carbocycles. The van der Waals surface area contributed by atoms with Crippen molar-refractivity contribution in [3.63, 3.8) is 0 Å². The number of hydrogen-bond donors (Lipinski definition) is 3. The smallest absolute Gasteiger partial charge is 0.273 e. The fourth-order valence-electron chi connectivity index (χ4n) is 4.35. The number of carbonyl (C=O) groups is 1. The van der Waals surface area contributed by atoms with E-state index in [1.165, 1.54) is 6.07 Å². The van der Waals surface area contributed by atoms with E-state index in [2.05, 4.69) is 15.5 Å². The topological polar surface area (TPSA) is 121 Å². The van der Waals surface area contributed by atoms with Gasteiger partial charge in [0.15, 0.2) is 5.78 Å². The van der Waals surface area contributed by atoms with E-state index in [-0.39, 0.29) is 17.4 Å². The van der Waals surface area contributed by atoms with Crippen LogP contribution in [0, 0.1) is 10.1 Å². The van der Waals surface area contributed by atoms with Crippen molar-refractivity contribution in [2.45, 2.75) is 24.7 Å². The number of carbonyl (C=O) groups excluding carboxylic acids is 1. The fraction of sp³-hybridized carbons (Fsp3) is 0.200. The van der Waals surface area contributed by atoms with Crippen molar-refractivity contribution < 1.29 is 9.72 Å². The van der Waals surface area contributed by atoms with Crippen LogP contribution in [0.1, 0.15) is 40.7 Å². The highest BCUT2D eigenvalue weighted by molar-refractivity contribution is 7.10. The van der Waals surface area contributed by atoms with Gasteiger partial charge in [-0.3, -0.25) is 29.9 Å². The van der Waals surface area contributed by atoms with Gasteiger partial charge in [0.2, 0.25) is 0 Å². The SMILES string of the molecule is O=C1C[C@H](c2cccs2)CC2=C1[C@@H](c1ccccc1[N+](=O)[O-])c1c([nH][nH]c1=O)N2. The molecule has 1 aromatic carbocycles. The van der Waals surface area contributed by atoms with Crippen LogP contribution in [-0.2, 0) is 4.79 Å². The Morgan fingerprint density at radius 3 is 2.66 bits per heavy atom. The van der Waals surface area contributed by atoms with E-state index < -0.39 is 16.4 Å². The number of anilines is 1. The number of ketones is 1. The zero-order valence-electron chi connectivity index (χ0n) is 15.1. The first-order valence-corrected chi connectivity index (χ1v) is 10.0. The molecule has 1 aliphatic carbocycles. The summed E-state index contributed by atoms with van der Waals surface area (Å²) < 4.78 is 0. The molecule has 0 radical (unpaired) electrons. The molecule has 0 bridgehead atoms. The molecule has 2 atom stereocenters. The summed E-state index contributed by atoms with van der Waals surface area (Å²) in [5, 5.41) is 22.2. The van der Waals surface area contributed by atoms with E-state index in [9.17, 15) is 19.7 Å². The number of rotatable bonds is 3. The molecule has 29 heavy (non-hydrogen) atoms. The van der Waals surface area contributed by atoms with E-state index in [1.54, 1.807) is 29.5 Å². The Hall–Kier alpha value is -3.46. The average molecular weight is 408 g/mol. The highest BCUT2D eigenvalue weighted by Crippen LogP contribution is 2.48. The minimum Gasteiger partial charge on any atom is -0.343 e. The number of hydrogen-bond acceptors (Lipinski definition) is 6. The molecule has 3 aromatic rings. The number of fused-ring (bicyclic) bond motifs is 1. The number of nitrogens with one attached hydrogen (secondary N) is 3. The maximum atomic E-state index is 13.3. The van der Waals surface area contributed by atoms with Crippen molar-refractivity contribution >= 4 is 28.6 Å². The first kappa shape index (κ1) is 17.6. The minimum atomic E-state index is -0.783. The van der Waals surface area contributed by atoms with Crippen LogP contribution in [0.4, 0.5) is 11.5 Å². The molecule has 3 N–H and O–H groups in total. The standard InChI is InChI=1S/C20H16N4O4S/c25-14-9-10(15-6-3-7-29-15)8-12-17(14)16(18-19(21-12)22-23-20(18)26)11-4-1-2-5-13(11)24(27)28/h1-7,10,16H,8-9H2,(H3,21,22,23,26)/t10-,16-/m1/s1. The molecule has 9 heteroatoms. The predicted molar refractivity (Wildman–Crippen MR) is 108 cm³/mol. The molecule has 1 aliphatic heterocycles. The molecular weight excluding hydrogens is 392 g/mol. The van der Waals surface area contributed by atoms with E-state index in [4.69, 9.17) is 0 Å². The van der Waals surface area contributed by atoms with Gasteiger partial charge in [-0.05, 0) is 17.9 Å². The van der Waals surface area contributed by atoms with Crippen molar-refractivity contribution in [2.75, 3.05) is 5.32 Å². The zero-order valence-corrected chi connectivity index (χ0v) is 15.9. The molecule has 0 spiro atoms. The Morgan fingerprint density at radius 2 is 1.90 bits per heavy atom. The van der Waals surface area contributed by atoms with Gasteiger partial charge in [0.05, 0.1) is 16.4 Å². The Kier molecular flexibility index (Phi) is 3.99. The van der Waals surface area contributed by atoms with Crippen LogP contribution < -0.4 is 10.9 Å². The summed E-state index contributed by atoms with van der Waals surface area (Å²) in [6.07, 6.45) is 0.918. The number of nitro groups is 1. The van der Waals surface area contributed by atoms with E-state index in [0.29, 0.717) is 41.1 Å². The van der Waals surface area contributed by atoms with Crippen LogP contribution in [0.25, 0.3) is 0 Å². The van der Waals surface area contributed by atoms with Crippen LogP contribution in [0.3, 0.4) is 0 Å². The molecule has 0 unspecified atom stereocenters. The molecule has 0 saturated heterocycles. The molecule has 0 amide bonds.